The SMILES string of the molecule is COc1ccc(C#N)cc1CSc1nnc(C)s1. The van der Waals surface area contributed by atoms with Crippen molar-refractivity contribution in [2.45, 2.75) is 17.0 Å². The van der Waals surface area contributed by atoms with Gasteiger partial charge in [-0.05, 0) is 25.1 Å². The maximum absolute atomic E-state index is 8.90. The van der Waals surface area contributed by atoms with Crippen molar-refractivity contribution in [2.75, 3.05) is 7.11 Å². The average molecular weight is 277 g/mol. The van der Waals surface area contributed by atoms with Gasteiger partial charge in [0, 0.05) is 11.3 Å². The Labute approximate surface area is 114 Å². The van der Waals surface area contributed by atoms with Gasteiger partial charge in [0.2, 0.25) is 0 Å². The quantitative estimate of drug-likeness (QED) is 0.804. The summed E-state index contributed by atoms with van der Waals surface area (Å²) in [7, 11) is 1.63. The second-order valence-corrected chi connectivity index (χ2v) is 5.92. The standard InChI is InChI=1S/C12H11N3OS2/c1-8-14-15-12(18-8)17-7-10-5-9(6-13)3-4-11(10)16-2/h3-5H,7H2,1-2H3. The maximum atomic E-state index is 8.90. The number of thioether (sulfide) groups is 1. The molecule has 0 aliphatic carbocycles. The van der Waals surface area contributed by atoms with Crippen molar-refractivity contribution in [1.82, 2.24) is 10.2 Å². The molecule has 1 heterocycles. The molecule has 0 saturated heterocycles. The van der Waals surface area contributed by atoms with E-state index in [9.17, 15) is 0 Å². The van der Waals surface area contributed by atoms with Crippen molar-refractivity contribution < 1.29 is 4.74 Å². The zero-order valence-electron chi connectivity index (χ0n) is 10.0. The summed E-state index contributed by atoms with van der Waals surface area (Å²) in [5.41, 5.74) is 1.63. The Morgan fingerprint density at radius 3 is 2.89 bits per heavy atom. The fourth-order valence-corrected chi connectivity index (χ4v) is 3.23. The van der Waals surface area contributed by atoms with Gasteiger partial charge < -0.3 is 4.74 Å². The van der Waals surface area contributed by atoms with Gasteiger partial charge in [-0.1, -0.05) is 23.1 Å². The molecule has 4 nitrogen and oxygen atoms in total. The van der Waals surface area contributed by atoms with Crippen molar-refractivity contribution in [2.24, 2.45) is 0 Å². The summed E-state index contributed by atoms with van der Waals surface area (Å²) in [6.45, 7) is 1.93. The molecule has 1 aromatic heterocycles. The maximum Gasteiger partial charge on any atom is 0.174 e. The zero-order chi connectivity index (χ0) is 13.0. The van der Waals surface area contributed by atoms with Crippen molar-refractivity contribution in [1.29, 1.82) is 5.26 Å². The lowest BCUT2D eigenvalue weighted by molar-refractivity contribution is 0.411. The second kappa shape index (κ2) is 5.85. The minimum atomic E-state index is 0.639. The summed E-state index contributed by atoms with van der Waals surface area (Å²) in [6, 6.07) is 7.55. The summed E-state index contributed by atoms with van der Waals surface area (Å²) in [5.74, 6) is 1.51. The molecule has 0 aliphatic rings. The molecular weight excluding hydrogens is 266 g/mol. The highest BCUT2D eigenvalue weighted by atomic mass is 32.2. The fraction of sp³-hybridized carbons (Fsp3) is 0.250. The van der Waals surface area contributed by atoms with Crippen LogP contribution in [0.25, 0.3) is 0 Å². The van der Waals surface area contributed by atoms with Crippen LogP contribution in [0.3, 0.4) is 0 Å². The molecule has 0 spiro atoms. The molecule has 1 aromatic carbocycles. The van der Waals surface area contributed by atoms with Crippen LogP contribution < -0.4 is 4.74 Å². The lowest BCUT2D eigenvalue weighted by Crippen LogP contribution is -1.91. The molecule has 0 N–H and O–H groups in total. The van der Waals surface area contributed by atoms with Crippen LogP contribution >= 0.6 is 23.1 Å². The number of ether oxygens (including phenoxy) is 1. The number of hydrogen-bond acceptors (Lipinski definition) is 6. The second-order valence-electron chi connectivity index (χ2n) is 3.51. The molecule has 0 bridgehead atoms. The smallest absolute Gasteiger partial charge is 0.174 e. The zero-order valence-corrected chi connectivity index (χ0v) is 11.6. The molecular formula is C12H11N3OS2. The predicted molar refractivity (Wildman–Crippen MR) is 71.9 cm³/mol. The largest absolute Gasteiger partial charge is 0.496 e. The Bertz CT molecular complexity index is 589. The van der Waals surface area contributed by atoms with E-state index in [1.54, 1.807) is 36.3 Å². The highest BCUT2D eigenvalue weighted by Gasteiger charge is 2.07. The molecule has 2 rings (SSSR count). The highest BCUT2D eigenvalue weighted by molar-refractivity contribution is 8.00. The topological polar surface area (TPSA) is 58.8 Å². The molecule has 0 atom stereocenters. The average Bonchev–Trinajstić information content (AvgIpc) is 2.81. The van der Waals surface area contributed by atoms with Crippen LogP contribution in [0.2, 0.25) is 0 Å². The third kappa shape index (κ3) is 3.00. The molecule has 0 amide bonds. The summed E-state index contributed by atoms with van der Waals surface area (Å²) < 4.78 is 6.21. The van der Waals surface area contributed by atoms with E-state index >= 15 is 0 Å². The Balaban J connectivity index is 2.15. The molecule has 0 fully saturated rings. The van der Waals surface area contributed by atoms with Gasteiger partial charge in [-0.2, -0.15) is 5.26 Å². The van der Waals surface area contributed by atoms with Crippen LogP contribution in [0.4, 0.5) is 0 Å². The number of benzene rings is 1. The Morgan fingerprint density at radius 2 is 2.28 bits per heavy atom. The van der Waals surface area contributed by atoms with Gasteiger partial charge in [-0.25, -0.2) is 0 Å². The number of rotatable bonds is 4. The van der Waals surface area contributed by atoms with E-state index < -0.39 is 0 Å². The monoisotopic (exact) mass is 277 g/mol. The highest BCUT2D eigenvalue weighted by Crippen LogP contribution is 2.30. The van der Waals surface area contributed by atoms with Crippen molar-refractivity contribution in [3.63, 3.8) is 0 Å². The third-order valence-corrected chi connectivity index (χ3v) is 4.29. The van der Waals surface area contributed by atoms with Gasteiger partial charge in [0.05, 0.1) is 18.7 Å². The summed E-state index contributed by atoms with van der Waals surface area (Å²) in [4.78, 5) is 0. The molecule has 6 heteroatoms. The summed E-state index contributed by atoms with van der Waals surface area (Å²) in [5, 5.41) is 17.9. The minimum Gasteiger partial charge on any atom is -0.496 e. The van der Waals surface area contributed by atoms with Gasteiger partial charge in [0.1, 0.15) is 10.8 Å². The van der Waals surface area contributed by atoms with Gasteiger partial charge >= 0.3 is 0 Å². The number of nitriles is 1. The first kappa shape index (κ1) is 12.9. The first-order chi connectivity index (χ1) is 8.72. The van der Waals surface area contributed by atoms with Crippen LogP contribution in [-0.2, 0) is 5.75 Å². The first-order valence-corrected chi connectivity index (χ1v) is 7.03. The first-order valence-electron chi connectivity index (χ1n) is 5.23. The van der Waals surface area contributed by atoms with E-state index in [0.717, 1.165) is 20.7 Å². The molecule has 0 radical (unpaired) electrons. The molecule has 0 unspecified atom stereocenters. The Morgan fingerprint density at radius 1 is 1.44 bits per heavy atom. The summed E-state index contributed by atoms with van der Waals surface area (Å²) >= 11 is 3.16. The number of hydrogen-bond donors (Lipinski definition) is 0. The van der Waals surface area contributed by atoms with Crippen molar-refractivity contribution in [3.8, 4) is 11.8 Å². The normalized spacial score (nSPS) is 10.1. The third-order valence-electron chi connectivity index (χ3n) is 2.27. The number of nitrogens with zero attached hydrogens (tertiary/aromatic N) is 3. The molecule has 0 saturated carbocycles. The Hall–Kier alpha value is -1.58. The van der Waals surface area contributed by atoms with Crippen LogP contribution in [0.15, 0.2) is 22.5 Å². The van der Waals surface area contributed by atoms with E-state index in [-0.39, 0.29) is 0 Å². The van der Waals surface area contributed by atoms with Gasteiger partial charge in [-0.15, -0.1) is 10.2 Å². The molecule has 0 aliphatic heterocycles. The number of methoxy groups -OCH3 is 1. The van der Waals surface area contributed by atoms with Crippen LogP contribution in [0, 0.1) is 18.3 Å². The van der Waals surface area contributed by atoms with Gasteiger partial charge in [0.15, 0.2) is 4.34 Å². The van der Waals surface area contributed by atoms with Crippen molar-refractivity contribution >= 4 is 23.1 Å². The fourth-order valence-electron chi connectivity index (χ4n) is 1.44. The van der Waals surface area contributed by atoms with Gasteiger partial charge in [-0.3, -0.25) is 0 Å². The van der Waals surface area contributed by atoms with E-state index in [4.69, 9.17) is 10.00 Å². The van der Waals surface area contributed by atoms with Crippen molar-refractivity contribution in [3.05, 3.63) is 34.3 Å². The van der Waals surface area contributed by atoms with Gasteiger partial charge in [0.25, 0.3) is 0 Å². The van der Waals surface area contributed by atoms with E-state index in [1.165, 1.54) is 0 Å². The number of aryl methyl sites for hydroxylation is 1. The van der Waals surface area contributed by atoms with E-state index in [2.05, 4.69) is 16.3 Å². The summed E-state index contributed by atoms with van der Waals surface area (Å²) in [6.07, 6.45) is 0. The lowest BCUT2D eigenvalue weighted by atomic mass is 10.1. The molecule has 92 valence electrons. The number of aromatic nitrogens is 2. The van der Waals surface area contributed by atoms with Crippen LogP contribution in [0.1, 0.15) is 16.1 Å². The van der Waals surface area contributed by atoms with E-state index in [1.807, 2.05) is 19.1 Å². The predicted octanol–water partition coefficient (Wildman–Crippen LogP) is 3.02. The molecule has 18 heavy (non-hydrogen) atoms. The Kier molecular flexibility index (Phi) is 4.18. The molecule has 2 aromatic rings. The van der Waals surface area contributed by atoms with Crippen LogP contribution in [-0.4, -0.2) is 17.3 Å². The van der Waals surface area contributed by atoms with E-state index in [0.29, 0.717) is 11.3 Å². The van der Waals surface area contributed by atoms with Crippen LogP contribution in [0.5, 0.6) is 5.75 Å². The minimum absolute atomic E-state index is 0.639. The lowest BCUT2D eigenvalue weighted by Gasteiger charge is -2.07.